The van der Waals surface area contributed by atoms with Crippen molar-refractivity contribution < 1.29 is 9.59 Å². The third-order valence-corrected chi connectivity index (χ3v) is 4.19. The van der Waals surface area contributed by atoms with Crippen molar-refractivity contribution in [1.29, 1.82) is 5.26 Å². The highest BCUT2D eigenvalue weighted by atomic mass is 16.1. The van der Waals surface area contributed by atoms with Gasteiger partial charge in [0.2, 0.25) is 11.6 Å². The van der Waals surface area contributed by atoms with Crippen LogP contribution in [0.5, 0.6) is 0 Å². The molecular formula is C19H24N4O2. The van der Waals surface area contributed by atoms with E-state index in [9.17, 15) is 14.9 Å². The maximum Gasteiger partial charge on any atom is 0.213 e. The van der Waals surface area contributed by atoms with Crippen LogP contribution < -0.4 is 16.4 Å². The Hall–Kier alpha value is -2.81. The smallest absolute Gasteiger partial charge is 0.213 e. The van der Waals surface area contributed by atoms with Gasteiger partial charge in [0.15, 0.2) is 0 Å². The van der Waals surface area contributed by atoms with Crippen LogP contribution in [-0.4, -0.2) is 24.7 Å². The van der Waals surface area contributed by atoms with Crippen LogP contribution >= 0.6 is 0 Å². The zero-order valence-corrected chi connectivity index (χ0v) is 14.7. The molecule has 1 aromatic rings. The molecule has 0 radical (unpaired) electrons. The second kappa shape index (κ2) is 8.34. The highest BCUT2D eigenvalue weighted by molar-refractivity contribution is 6.31. The van der Waals surface area contributed by atoms with E-state index in [1.165, 1.54) is 0 Å². The first-order valence-electron chi connectivity index (χ1n) is 8.70. The summed E-state index contributed by atoms with van der Waals surface area (Å²) in [5, 5.41) is 15.6. The maximum atomic E-state index is 12.9. The first-order valence-corrected chi connectivity index (χ1v) is 8.70. The minimum absolute atomic E-state index is 0.0610. The van der Waals surface area contributed by atoms with Crippen LogP contribution in [0.25, 0.3) is 0 Å². The molecule has 25 heavy (non-hydrogen) atoms. The van der Waals surface area contributed by atoms with Crippen molar-refractivity contribution in [2.75, 3.05) is 24.1 Å². The average Bonchev–Trinajstić information content (AvgIpc) is 2.60. The molecule has 0 spiro atoms. The molecule has 6 heteroatoms. The van der Waals surface area contributed by atoms with E-state index < -0.39 is 5.78 Å². The van der Waals surface area contributed by atoms with Gasteiger partial charge in [-0.3, -0.25) is 9.59 Å². The lowest BCUT2D eigenvalue weighted by molar-refractivity contribution is 0.0973. The van der Waals surface area contributed by atoms with Gasteiger partial charge < -0.3 is 16.4 Å². The van der Waals surface area contributed by atoms with E-state index in [2.05, 4.69) is 17.6 Å². The SMILES string of the molecule is CCCCNC1=C(C#N)C(=O)c2c(NCCCC)ccc(N)c2C1=O. The van der Waals surface area contributed by atoms with Crippen molar-refractivity contribution >= 4 is 22.9 Å². The van der Waals surface area contributed by atoms with Crippen molar-refractivity contribution in [2.45, 2.75) is 39.5 Å². The second-order valence-corrected chi connectivity index (χ2v) is 6.03. The first-order chi connectivity index (χ1) is 12.1. The molecule has 1 aliphatic carbocycles. The number of nitrogen functional groups attached to an aromatic ring is 1. The van der Waals surface area contributed by atoms with Crippen molar-refractivity contribution in [3.63, 3.8) is 0 Å². The normalized spacial score (nSPS) is 13.5. The lowest BCUT2D eigenvalue weighted by atomic mass is 9.85. The van der Waals surface area contributed by atoms with Gasteiger partial charge in [0.05, 0.1) is 11.1 Å². The topological polar surface area (TPSA) is 108 Å². The van der Waals surface area contributed by atoms with Gasteiger partial charge in [-0.05, 0) is 25.0 Å². The van der Waals surface area contributed by atoms with E-state index in [-0.39, 0.29) is 33.9 Å². The molecule has 0 saturated heterocycles. The number of nitrogens with two attached hydrogens (primary N) is 1. The predicted molar refractivity (Wildman–Crippen MR) is 98.5 cm³/mol. The second-order valence-electron chi connectivity index (χ2n) is 6.03. The Morgan fingerprint density at radius 2 is 1.64 bits per heavy atom. The summed E-state index contributed by atoms with van der Waals surface area (Å²) in [7, 11) is 0. The number of hydrogen-bond donors (Lipinski definition) is 3. The molecule has 6 nitrogen and oxygen atoms in total. The zero-order chi connectivity index (χ0) is 18.4. The lowest BCUT2D eigenvalue weighted by Crippen LogP contribution is -2.32. The monoisotopic (exact) mass is 340 g/mol. The number of carbonyl (C=O) groups is 2. The molecule has 0 aliphatic heterocycles. The number of unbranched alkanes of at least 4 members (excludes halogenated alkanes) is 2. The number of nitriles is 1. The van der Waals surface area contributed by atoms with Crippen LogP contribution in [0.3, 0.4) is 0 Å². The Balaban J connectivity index is 2.48. The van der Waals surface area contributed by atoms with Crippen LogP contribution in [-0.2, 0) is 0 Å². The molecule has 0 amide bonds. The summed E-state index contributed by atoms with van der Waals surface area (Å²) in [5.41, 5.74) is 7.10. The molecule has 1 aromatic carbocycles. The highest BCUT2D eigenvalue weighted by Gasteiger charge is 2.35. The molecule has 0 bridgehead atoms. The number of fused-ring (bicyclic) bond motifs is 1. The lowest BCUT2D eigenvalue weighted by Gasteiger charge is -2.23. The third kappa shape index (κ3) is 3.66. The summed E-state index contributed by atoms with van der Waals surface area (Å²) < 4.78 is 0. The average molecular weight is 340 g/mol. The van der Waals surface area contributed by atoms with Crippen molar-refractivity contribution in [3.05, 3.63) is 34.5 Å². The Bertz CT molecular complexity index is 759. The Morgan fingerprint density at radius 1 is 1.00 bits per heavy atom. The molecular weight excluding hydrogens is 316 g/mol. The summed E-state index contributed by atoms with van der Waals surface area (Å²) in [6, 6.07) is 5.21. The molecule has 132 valence electrons. The fourth-order valence-corrected chi connectivity index (χ4v) is 2.79. The number of nitrogens with one attached hydrogen (secondary N) is 2. The van der Waals surface area contributed by atoms with E-state index in [1.807, 2.05) is 13.0 Å². The van der Waals surface area contributed by atoms with Crippen LogP contribution in [0.15, 0.2) is 23.4 Å². The fourth-order valence-electron chi connectivity index (χ4n) is 2.79. The molecule has 1 aliphatic rings. The minimum atomic E-state index is -0.456. The van der Waals surface area contributed by atoms with Crippen molar-refractivity contribution in [3.8, 4) is 6.07 Å². The number of ketones is 2. The number of nitrogens with zero attached hydrogens (tertiary/aromatic N) is 1. The summed E-state index contributed by atoms with van der Waals surface area (Å²) >= 11 is 0. The summed E-state index contributed by atoms with van der Waals surface area (Å²) in [5.74, 6) is -0.846. The predicted octanol–water partition coefficient (Wildman–Crippen LogP) is 3.03. The molecule has 0 fully saturated rings. The van der Waals surface area contributed by atoms with Gasteiger partial charge in [0.1, 0.15) is 17.3 Å². The molecule has 0 heterocycles. The van der Waals surface area contributed by atoms with Gasteiger partial charge in [-0.15, -0.1) is 0 Å². The van der Waals surface area contributed by atoms with Gasteiger partial charge >= 0.3 is 0 Å². The van der Waals surface area contributed by atoms with Crippen molar-refractivity contribution in [1.82, 2.24) is 5.32 Å². The van der Waals surface area contributed by atoms with E-state index in [0.717, 1.165) is 25.7 Å². The van der Waals surface area contributed by atoms with Gasteiger partial charge in [-0.25, -0.2) is 0 Å². The van der Waals surface area contributed by atoms with Crippen LogP contribution in [0, 0.1) is 11.3 Å². The number of carbonyl (C=O) groups excluding carboxylic acids is 2. The van der Waals surface area contributed by atoms with E-state index in [0.29, 0.717) is 18.8 Å². The Kier molecular flexibility index (Phi) is 6.18. The minimum Gasteiger partial charge on any atom is -0.398 e. The zero-order valence-electron chi connectivity index (χ0n) is 14.7. The summed E-state index contributed by atoms with van der Waals surface area (Å²) in [6.07, 6.45) is 3.72. The summed E-state index contributed by atoms with van der Waals surface area (Å²) in [4.78, 5) is 25.8. The van der Waals surface area contributed by atoms with Gasteiger partial charge in [-0.1, -0.05) is 26.7 Å². The number of anilines is 2. The number of hydrogen-bond acceptors (Lipinski definition) is 6. The van der Waals surface area contributed by atoms with E-state index in [1.54, 1.807) is 12.1 Å². The largest absolute Gasteiger partial charge is 0.398 e. The standard InChI is InChI=1S/C19H24N4O2/c1-3-5-9-22-14-8-7-13(21)15-16(14)18(24)12(11-20)17(19(15)25)23-10-6-4-2/h7-8,22-23H,3-6,9-10,21H2,1-2H3. The Morgan fingerprint density at radius 3 is 2.24 bits per heavy atom. The number of rotatable bonds is 8. The molecule has 0 atom stereocenters. The van der Waals surface area contributed by atoms with Crippen LogP contribution in [0.2, 0.25) is 0 Å². The maximum absolute atomic E-state index is 12.9. The quantitative estimate of drug-likeness (QED) is 0.496. The molecule has 0 unspecified atom stereocenters. The van der Waals surface area contributed by atoms with Crippen LogP contribution in [0.4, 0.5) is 11.4 Å². The van der Waals surface area contributed by atoms with Crippen molar-refractivity contribution in [2.24, 2.45) is 0 Å². The number of Topliss-reactive ketones (excluding diaryl/α,β-unsaturated/α-hetero) is 2. The Labute approximate surface area is 148 Å². The summed E-state index contributed by atoms with van der Waals surface area (Å²) in [6.45, 7) is 5.30. The van der Waals surface area contributed by atoms with E-state index >= 15 is 0 Å². The number of allylic oxidation sites excluding steroid dienone is 2. The highest BCUT2D eigenvalue weighted by Crippen LogP contribution is 2.34. The third-order valence-electron chi connectivity index (χ3n) is 4.19. The molecule has 4 N–H and O–H groups in total. The van der Waals surface area contributed by atoms with Gasteiger partial charge in [-0.2, -0.15) is 5.26 Å². The molecule has 0 saturated carbocycles. The fraction of sp³-hybridized carbons (Fsp3) is 0.421. The van der Waals surface area contributed by atoms with Gasteiger partial charge in [0.25, 0.3) is 0 Å². The van der Waals surface area contributed by atoms with E-state index in [4.69, 9.17) is 5.73 Å². The van der Waals surface area contributed by atoms with Crippen LogP contribution in [0.1, 0.15) is 60.2 Å². The first kappa shape index (κ1) is 18.5. The molecule has 2 rings (SSSR count). The van der Waals surface area contributed by atoms with Gasteiger partial charge in [0, 0.05) is 24.5 Å². The molecule has 0 aromatic heterocycles. The number of benzene rings is 1.